The van der Waals surface area contributed by atoms with E-state index >= 15 is 0 Å². The fourth-order valence-electron chi connectivity index (χ4n) is 1.91. The first kappa shape index (κ1) is 14.5. The van der Waals surface area contributed by atoms with Gasteiger partial charge in [0.15, 0.2) is 5.11 Å². The van der Waals surface area contributed by atoms with Gasteiger partial charge in [-0.15, -0.1) is 0 Å². The van der Waals surface area contributed by atoms with Crippen LogP contribution in [0.5, 0.6) is 0 Å². The van der Waals surface area contributed by atoms with Gasteiger partial charge in [-0.3, -0.25) is 4.68 Å². The maximum Gasteiger partial charge on any atom is 0.171 e. The lowest BCUT2D eigenvalue weighted by atomic mass is 10.1. The first-order valence-corrected chi connectivity index (χ1v) is 7.10. The van der Waals surface area contributed by atoms with Gasteiger partial charge < -0.3 is 10.6 Å². The highest BCUT2D eigenvalue weighted by Gasteiger charge is 2.04. The third kappa shape index (κ3) is 4.06. The Bertz CT molecular complexity index is 589. The minimum atomic E-state index is 0.317. The van der Waals surface area contributed by atoms with Crippen LogP contribution >= 0.6 is 12.2 Å². The van der Waals surface area contributed by atoms with Crippen molar-refractivity contribution in [1.82, 2.24) is 15.1 Å². The van der Waals surface area contributed by atoms with Crippen LogP contribution < -0.4 is 10.6 Å². The minimum absolute atomic E-state index is 0.317. The van der Waals surface area contributed by atoms with Gasteiger partial charge in [-0.2, -0.15) is 5.10 Å². The van der Waals surface area contributed by atoms with E-state index in [2.05, 4.69) is 48.6 Å². The summed E-state index contributed by atoms with van der Waals surface area (Å²) in [7, 11) is 0. The van der Waals surface area contributed by atoms with Crippen LogP contribution in [0.3, 0.4) is 0 Å². The van der Waals surface area contributed by atoms with Gasteiger partial charge in [0.25, 0.3) is 0 Å². The number of nitrogens with one attached hydrogen (secondary N) is 2. The lowest BCUT2D eigenvalue weighted by molar-refractivity contribution is 0.684. The molecule has 0 unspecified atom stereocenters. The van der Waals surface area contributed by atoms with E-state index in [9.17, 15) is 0 Å². The van der Waals surface area contributed by atoms with Gasteiger partial charge in [-0.1, -0.05) is 24.3 Å². The lowest BCUT2D eigenvalue weighted by Gasteiger charge is -2.11. The second kappa shape index (κ2) is 6.52. The molecule has 2 aromatic rings. The third-order valence-electron chi connectivity index (χ3n) is 2.90. The molecule has 0 radical (unpaired) electrons. The number of anilines is 1. The van der Waals surface area contributed by atoms with Crippen LogP contribution in [0.25, 0.3) is 0 Å². The minimum Gasteiger partial charge on any atom is -0.360 e. The predicted molar refractivity (Wildman–Crippen MR) is 87.0 cm³/mol. The van der Waals surface area contributed by atoms with E-state index in [-0.39, 0.29) is 0 Å². The highest BCUT2D eigenvalue weighted by molar-refractivity contribution is 7.80. The molecule has 0 fully saturated rings. The Labute approximate surface area is 125 Å². The number of rotatable bonds is 4. The summed E-state index contributed by atoms with van der Waals surface area (Å²) in [5.41, 5.74) is 3.44. The monoisotopic (exact) mass is 288 g/mol. The Kier molecular flexibility index (Phi) is 4.74. The van der Waals surface area contributed by atoms with E-state index in [0.717, 1.165) is 12.2 Å². The topological polar surface area (TPSA) is 41.9 Å². The van der Waals surface area contributed by atoms with Gasteiger partial charge in [0, 0.05) is 12.2 Å². The third-order valence-corrected chi connectivity index (χ3v) is 3.12. The largest absolute Gasteiger partial charge is 0.360 e. The van der Waals surface area contributed by atoms with E-state index in [1.54, 1.807) is 6.20 Å². The van der Waals surface area contributed by atoms with E-state index in [0.29, 0.717) is 11.2 Å². The number of nitrogens with zero attached hydrogens (tertiary/aromatic N) is 2. The van der Waals surface area contributed by atoms with Crippen molar-refractivity contribution in [3.05, 3.63) is 47.8 Å². The highest BCUT2D eigenvalue weighted by Crippen LogP contribution is 2.11. The zero-order valence-electron chi connectivity index (χ0n) is 12.1. The van der Waals surface area contributed by atoms with E-state index in [4.69, 9.17) is 12.2 Å². The van der Waals surface area contributed by atoms with Crippen molar-refractivity contribution in [2.45, 2.75) is 33.4 Å². The van der Waals surface area contributed by atoms with Gasteiger partial charge in [0.2, 0.25) is 0 Å². The van der Waals surface area contributed by atoms with Crippen molar-refractivity contribution in [1.29, 1.82) is 0 Å². The SMILES string of the molecule is Cc1ccccc1Cn1cc(NC(=S)NC(C)C)cn1. The molecule has 4 nitrogen and oxygen atoms in total. The van der Waals surface area contributed by atoms with Crippen LogP contribution in [-0.4, -0.2) is 20.9 Å². The van der Waals surface area contributed by atoms with E-state index < -0.39 is 0 Å². The van der Waals surface area contributed by atoms with Gasteiger partial charge in [-0.05, 0) is 44.1 Å². The molecule has 20 heavy (non-hydrogen) atoms. The van der Waals surface area contributed by atoms with Crippen LogP contribution in [0.2, 0.25) is 0 Å². The highest BCUT2D eigenvalue weighted by atomic mass is 32.1. The molecule has 2 rings (SSSR count). The summed E-state index contributed by atoms with van der Waals surface area (Å²) in [6, 6.07) is 8.64. The number of hydrogen-bond donors (Lipinski definition) is 2. The van der Waals surface area contributed by atoms with Crippen molar-refractivity contribution >= 4 is 23.0 Å². The molecule has 2 N–H and O–H groups in total. The Morgan fingerprint density at radius 1 is 1.35 bits per heavy atom. The second-order valence-electron chi connectivity index (χ2n) is 5.11. The average molecular weight is 288 g/mol. The quantitative estimate of drug-likeness (QED) is 0.849. The van der Waals surface area contributed by atoms with Gasteiger partial charge in [0.1, 0.15) is 0 Å². The van der Waals surface area contributed by atoms with Crippen molar-refractivity contribution in [2.75, 3.05) is 5.32 Å². The average Bonchev–Trinajstić information content (AvgIpc) is 2.78. The zero-order chi connectivity index (χ0) is 14.5. The zero-order valence-corrected chi connectivity index (χ0v) is 12.9. The van der Waals surface area contributed by atoms with E-state index in [1.165, 1.54) is 11.1 Å². The van der Waals surface area contributed by atoms with Gasteiger partial charge >= 0.3 is 0 Å². The van der Waals surface area contributed by atoms with E-state index in [1.807, 2.05) is 23.0 Å². The molecule has 0 aliphatic heterocycles. The second-order valence-corrected chi connectivity index (χ2v) is 5.51. The molecule has 0 atom stereocenters. The molecule has 0 amide bonds. The van der Waals surface area contributed by atoms with Crippen LogP contribution in [0.4, 0.5) is 5.69 Å². The fourth-order valence-corrected chi connectivity index (χ4v) is 2.26. The standard InChI is InChI=1S/C15H20N4S/c1-11(2)17-15(20)18-14-8-16-19(10-14)9-13-7-5-4-6-12(13)3/h4-8,10-11H,9H2,1-3H3,(H2,17,18,20). The number of benzene rings is 1. The number of hydrogen-bond acceptors (Lipinski definition) is 2. The van der Waals surface area contributed by atoms with Crippen LogP contribution in [0, 0.1) is 6.92 Å². The Morgan fingerprint density at radius 3 is 2.80 bits per heavy atom. The lowest BCUT2D eigenvalue weighted by Crippen LogP contribution is -2.33. The molecule has 0 saturated heterocycles. The van der Waals surface area contributed by atoms with Crippen molar-refractivity contribution in [3.8, 4) is 0 Å². The fraction of sp³-hybridized carbons (Fsp3) is 0.333. The summed E-state index contributed by atoms with van der Waals surface area (Å²) in [5.74, 6) is 0. The number of aromatic nitrogens is 2. The molecule has 0 aliphatic rings. The summed E-state index contributed by atoms with van der Waals surface area (Å²) >= 11 is 5.21. The van der Waals surface area contributed by atoms with Crippen molar-refractivity contribution in [2.24, 2.45) is 0 Å². The van der Waals surface area contributed by atoms with Crippen molar-refractivity contribution < 1.29 is 0 Å². The molecule has 0 aliphatic carbocycles. The molecule has 0 bridgehead atoms. The van der Waals surface area contributed by atoms with Crippen LogP contribution in [0.1, 0.15) is 25.0 Å². The van der Waals surface area contributed by atoms with Gasteiger partial charge in [0.05, 0.1) is 18.4 Å². The normalized spacial score (nSPS) is 10.6. The molecule has 1 aromatic heterocycles. The molecule has 1 aromatic carbocycles. The first-order valence-electron chi connectivity index (χ1n) is 6.69. The van der Waals surface area contributed by atoms with Gasteiger partial charge in [-0.25, -0.2) is 0 Å². The summed E-state index contributed by atoms with van der Waals surface area (Å²) in [6.45, 7) is 6.98. The van der Waals surface area contributed by atoms with Crippen LogP contribution in [0.15, 0.2) is 36.7 Å². The number of aryl methyl sites for hydroxylation is 1. The summed E-state index contributed by atoms with van der Waals surface area (Å²) in [4.78, 5) is 0. The Balaban J connectivity index is 1.99. The van der Waals surface area contributed by atoms with Crippen LogP contribution in [-0.2, 0) is 6.54 Å². The maximum atomic E-state index is 5.21. The maximum absolute atomic E-state index is 5.21. The summed E-state index contributed by atoms with van der Waals surface area (Å²) < 4.78 is 1.91. The molecule has 1 heterocycles. The first-order chi connectivity index (χ1) is 9.54. The predicted octanol–water partition coefficient (Wildman–Crippen LogP) is 2.93. The molecular weight excluding hydrogens is 268 g/mol. The Hall–Kier alpha value is -1.88. The molecular formula is C15H20N4S. The molecule has 0 saturated carbocycles. The van der Waals surface area contributed by atoms with Crippen molar-refractivity contribution in [3.63, 3.8) is 0 Å². The molecule has 5 heteroatoms. The number of thiocarbonyl (C=S) groups is 1. The Morgan fingerprint density at radius 2 is 2.10 bits per heavy atom. The summed E-state index contributed by atoms with van der Waals surface area (Å²) in [6.07, 6.45) is 3.74. The smallest absolute Gasteiger partial charge is 0.171 e. The summed E-state index contributed by atoms with van der Waals surface area (Å²) in [5, 5.41) is 11.2. The molecule has 0 spiro atoms. The molecule has 106 valence electrons.